The minimum atomic E-state index is -0.254. The highest BCUT2D eigenvalue weighted by Gasteiger charge is 2.19. The molecule has 33 heavy (non-hydrogen) atoms. The van der Waals surface area contributed by atoms with Gasteiger partial charge in [-0.2, -0.15) is 0 Å². The van der Waals surface area contributed by atoms with E-state index in [-0.39, 0.29) is 18.4 Å². The van der Waals surface area contributed by atoms with Crippen LogP contribution in [0.25, 0.3) is 11.0 Å². The third-order valence-electron chi connectivity index (χ3n) is 5.72. The number of fused-ring (bicyclic) bond motifs is 1. The van der Waals surface area contributed by atoms with Gasteiger partial charge >= 0.3 is 0 Å². The number of aromatic nitrogens is 2. The van der Waals surface area contributed by atoms with Crippen LogP contribution in [0.5, 0.6) is 11.5 Å². The van der Waals surface area contributed by atoms with Crippen LogP contribution in [0, 0.1) is 6.92 Å². The lowest BCUT2D eigenvalue weighted by atomic mass is 10.1. The first-order chi connectivity index (χ1) is 16.0. The van der Waals surface area contributed by atoms with E-state index in [1.807, 2.05) is 43.3 Å². The van der Waals surface area contributed by atoms with Crippen molar-refractivity contribution in [2.75, 3.05) is 14.2 Å². The molecule has 4 aromatic rings. The maximum Gasteiger partial charge on any atom is 0.224 e. The van der Waals surface area contributed by atoms with Crippen LogP contribution in [0.3, 0.4) is 0 Å². The number of ether oxygens (including phenoxy) is 2. The number of para-hydroxylation sites is 2. The van der Waals surface area contributed by atoms with E-state index < -0.39 is 0 Å². The third-order valence-corrected chi connectivity index (χ3v) is 5.72. The van der Waals surface area contributed by atoms with Crippen molar-refractivity contribution in [1.82, 2.24) is 14.9 Å². The Morgan fingerprint density at radius 1 is 0.970 bits per heavy atom. The number of rotatable bonds is 8. The number of methoxy groups -OCH3 is 2. The average Bonchev–Trinajstić information content (AvgIpc) is 3.19. The summed E-state index contributed by atoms with van der Waals surface area (Å²) >= 11 is 0. The fourth-order valence-electron chi connectivity index (χ4n) is 4.00. The van der Waals surface area contributed by atoms with E-state index in [4.69, 9.17) is 14.5 Å². The molecule has 1 N–H and O–H groups in total. The molecule has 0 radical (unpaired) electrons. The molecule has 4 rings (SSSR count). The van der Waals surface area contributed by atoms with Crippen LogP contribution in [0.4, 0.5) is 0 Å². The van der Waals surface area contributed by atoms with E-state index in [1.165, 1.54) is 11.1 Å². The highest BCUT2D eigenvalue weighted by molar-refractivity contribution is 5.80. The van der Waals surface area contributed by atoms with Gasteiger partial charge in [0.1, 0.15) is 5.82 Å². The van der Waals surface area contributed by atoms with Crippen molar-refractivity contribution < 1.29 is 14.3 Å². The van der Waals surface area contributed by atoms with E-state index in [0.29, 0.717) is 18.0 Å². The number of aryl methyl sites for hydroxylation is 1. The van der Waals surface area contributed by atoms with Crippen molar-refractivity contribution in [2.45, 2.75) is 32.9 Å². The summed E-state index contributed by atoms with van der Waals surface area (Å²) in [6, 6.07) is 21.8. The van der Waals surface area contributed by atoms with E-state index in [1.54, 1.807) is 14.2 Å². The molecule has 0 aliphatic rings. The fraction of sp³-hybridized carbons (Fsp3) is 0.259. The van der Waals surface area contributed by atoms with Gasteiger partial charge < -0.3 is 19.4 Å². The Hall–Kier alpha value is -3.80. The summed E-state index contributed by atoms with van der Waals surface area (Å²) in [5.74, 6) is 2.00. The molecule has 0 fully saturated rings. The lowest BCUT2D eigenvalue weighted by molar-refractivity contribution is -0.121. The number of nitrogens with zero attached hydrogens (tertiary/aromatic N) is 2. The number of amides is 1. The summed E-state index contributed by atoms with van der Waals surface area (Å²) in [7, 11) is 3.18. The van der Waals surface area contributed by atoms with Crippen LogP contribution in [0.2, 0.25) is 0 Å². The summed E-state index contributed by atoms with van der Waals surface area (Å²) in [5, 5.41) is 3.11. The summed E-state index contributed by atoms with van der Waals surface area (Å²) in [6.07, 6.45) is 0.239. The van der Waals surface area contributed by atoms with Gasteiger partial charge in [-0.15, -0.1) is 0 Å². The molecule has 0 saturated carbocycles. The molecule has 6 nitrogen and oxygen atoms in total. The van der Waals surface area contributed by atoms with E-state index in [9.17, 15) is 4.79 Å². The second kappa shape index (κ2) is 9.77. The number of hydrogen-bond acceptors (Lipinski definition) is 4. The first-order valence-electron chi connectivity index (χ1n) is 11.0. The maximum absolute atomic E-state index is 12.9. The largest absolute Gasteiger partial charge is 0.493 e. The van der Waals surface area contributed by atoms with Crippen molar-refractivity contribution in [2.24, 2.45) is 0 Å². The smallest absolute Gasteiger partial charge is 0.224 e. The average molecular weight is 444 g/mol. The zero-order valence-corrected chi connectivity index (χ0v) is 19.5. The highest BCUT2D eigenvalue weighted by Crippen LogP contribution is 2.28. The summed E-state index contributed by atoms with van der Waals surface area (Å²) < 4.78 is 12.8. The molecule has 1 aromatic heterocycles. The maximum atomic E-state index is 12.9. The Bertz CT molecular complexity index is 1260. The first-order valence-corrected chi connectivity index (χ1v) is 11.0. The van der Waals surface area contributed by atoms with Gasteiger partial charge in [-0.05, 0) is 49.2 Å². The fourth-order valence-corrected chi connectivity index (χ4v) is 4.00. The van der Waals surface area contributed by atoms with Gasteiger partial charge in [0.25, 0.3) is 0 Å². The Morgan fingerprint density at radius 3 is 2.39 bits per heavy atom. The Morgan fingerprint density at radius 2 is 1.67 bits per heavy atom. The van der Waals surface area contributed by atoms with Gasteiger partial charge in [-0.1, -0.05) is 48.0 Å². The van der Waals surface area contributed by atoms with Crippen LogP contribution in [-0.4, -0.2) is 29.7 Å². The molecular weight excluding hydrogens is 414 g/mol. The van der Waals surface area contributed by atoms with Gasteiger partial charge in [-0.25, -0.2) is 4.98 Å². The number of imidazole rings is 1. The number of carbonyl (C=O) groups excluding carboxylic acids is 1. The second-order valence-electron chi connectivity index (χ2n) is 8.19. The molecule has 0 bridgehead atoms. The van der Waals surface area contributed by atoms with Crippen molar-refractivity contribution in [3.63, 3.8) is 0 Å². The normalized spacial score (nSPS) is 11.9. The predicted octanol–water partition coefficient (Wildman–Crippen LogP) is 4.83. The van der Waals surface area contributed by atoms with Crippen LogP contribution < -0.4 is 14.8 Å². The van der Waals surface area contributed by atoms with Crippen LogP contribution in [0.1, 0.15) is 35.5 Å². The van der Waals surface area contributed by atoms with Gasteiger partial charge in [0.05, 0.1) is 37.7 Å². The Balaban J connectivity index is 1.55. The number of benzene rings is 3. The molecule has 0 aliphatic carbocycles. The first kappa shape index (κ1) is 22.4. The topological polar surface area (TPSA) is 65.4 Å². The Labute approximate surface area is 194 Å². The molecular formula is C27H29N3O3. The molecule has 3 aromatic carbocycles. The molecule has 0 saturated heterocycles. The van der Waals surface area contributed by atoms with Crippen LogP contribution in [0.15, 0.2) is 66.7 Å². The van der Waals surface area contributed by atoms with Gasteiger partial charge in [-0.3, -0.25) is 4.79 Å². The molecule has 170 valence electrons. The zero-order valence-electron chi connectivity index (χ0n) is 19.5. The SMILES string of the molecule is COc1ccc(CC(=O)NC(C)c2nc3ccccc3n2Cc2ccc(C)cc2)cc1OC. The molecule has 6 heteroatoms. The minimum Gasteiger partial charge on any atom is -0.493 e. The number of nitrogens with one attached hydrogen (secondary N) is 1. The quantitative estimate of drug-likeness (QED) is 0.424. The molecule has 1 heterocycles. The van der Waals surface area contributed by atoms with E-state index in [2.05, 4.69) is 47.1 Å². The predicted molar refractivity (Wildman–Crippen MR) is 130 cm³/mol. The van der Waals surface area contributed by atoms with Gasteiger partial charge in [0.2, 0.25) is 5.91 Å². The zero-order chi connectivity index (χ0) is 23.4. The molecule has 1 unspecified atom stereocenters. The van der Waals surface area contributed by atoms with Gasteiger partial charge in [0.15, 0.2) is 11.5 Å². The lowest BCUT2D eigenvalue weighted by Gasteiger charge is -2.17. The summed E-state index contributed by atoms with van der Waals surface area (Å²) in [4.78, 5) is 17.7. The molecule has 1 amide bonds. The molecule has 0 aliphatic heterocycles. The monoisotopic (exact) mass is 443 g/mol. The van der Waals surface area contributed by atoms with Crippen LogP contribution >= 0.6 is 0 Å². The number of hydrogen-bond donors (Lipinski definition) is 1. The second-order valence-corrected chi connectivity index (χ2v) is 8.19. The summed E-state index contributed by atoms with van der Waals surface area (Å²) in [5.41, 5.74) is 5.24. The molecule has 1 atom stereocenters. The lowest BCUT2D eigenvalue weighted by Crippen LogP contribution is -2.30. The summed E-state index contributed by atoms with van der Waals surface area (Å²) in [6.45, 7) is 4.74. The van der Waals surface area contributed by atoms with Crippen LogP contribution in [-0.2, 0) is 17.8 Å². The number of carbonyl (C=O) groups is 1. The minimum absolute atomic E-state index is 0.0799. The Kier molecular flexibility index (Phi) is 6.63. The molecule has 0 spiro atoms. The van der Waals surface area contributed by atoms with Crippen molar-refractivity contribution in [3.8, 4) is 11.5 Å². The van der Waals surface area contributed by atoms with E-state index >= 15 is 0 Å². The van der Waals surface area contributed by atoms with Gasteiger partial charge in [0, 0.05) is 6.54 Å². The standard InChI is InChI=1S/C27H29N3O3/c1-18-9-11-20(12-10-18)17-30-23-8-6-5-7-22(23)29-27(30)19(2)28-26(31)16-21-13-14-24(32-3)25(15-21)33-4/h5-15,19H,16-17H2,1-4H3,(H,28,31). The highest BCUT2D eigenvalue weighted by atomic mass is 16.5. The van der Waals surface area contributed by atoms with Crippen molar-refractivity contribution >= 4 is 16.9 Å². The van der Waals surface area contributed by atoms with E-state index in [0.717, 1.165) is 22.4 Å². The van der Waals surface area contributed by atoms with Crippen molar-refractivity contribution in [3.05, 3.63) is 89.2 Å². The third kappa shape index (κ3) is 5.00. The van der Waals surface area contributed by atoms with Crippen molar-refractivity contribution in [1.29, 1.82) is 0 Å².